The number of anilines is 1. The summed E-state index contributed by atoms with van der Waals surface area (Å²) in [6.45, 7) is 6.10. The molecule has 0 aliphatic rings. The Morgan fingerprint density at radius 2 is 2.13 bits per heavy atom. The lowest BCUT2D eigenvalue weighted by Gasteiger charge is -2.14. The van der Waals surface area contributed by atoms with Gasteiger partial charge in [0.05, 0.1) is 5.69 Å². The largest absolute Gasteiger partial charge is 0.258 e. The van der Waals surface area contributed by atoms with Gasteiger partial charge in [0.2, 0.25) is 10.0 Å². The summed E-state index contributed by atoms with van der Waals surface area (Å²) in [7, 11) is -3.29. The van der Waals surface area contributed by atoms with E-state index in [1.165, 1.54) is 11.3 Å². The molecule has 0 saturated heterocycles. The molecule has 86 valence electrons. The predicted molar refractivity (Wildman–Crippen MR) is 67.2 cm³/mol. The number of thiazole rings is 1. The highest BCUT2D eigenvalue weighted by Crippen LogP contribution is 2.26. The molecule has 1 heterocycles. The number of aromatic nitrogens is 1. The molecule has 0 radical (unpaired) electrons. The molecule has 7 heteroatoms. The van der Waals surface area contributed by atoms with Crippen LogP contribution < -0.4 is 4.72 Å². The van der Waals surface area contributed by atoms with Gasteiger partial charge in [0, 0.05) is 10.8 Å². The van der Waals surface area contributed by atoms with Gasteiger partial charge in [-0.15, -0.1) is 11.3 Å². The van der Waals surface area contributed by atoms with E-state index in [9.17, 15) is 8.42 Å². The number of hydrogen-bond acceptors (Lipinski definition) is 4. The van der Waals surface area contributed by atoms with Crippen LogP contribution >= 0.6 is 27.3 Å². The number of nitrogens with one attached hydrogen (secondary N) is 1. The van der Waals surface area contributed by atoms with E-state index in [0.29, 0.717) is 5.13 Å². The molecule has 0 unspecified atom stereocenters. The van der Waals surface area contributed by atoms with E-state index >= 15 is 0 Å². The van der Waals surface area contributed by atoms with Crippen molar-refractivity contribution in [2.75, 3.05) is 9.38 Å². The number of alkyl halides is 1. The Hall–Kier alpha value is -0.140. The van der Waals surface area contributed by atoms with E-state index in [2.05, 4.69) is 25.6 Å². The zero-order valence-electron chi connectivity index (χ0n) is 8.74. The summed E-state index contributed by atoms with van der Waals surface area (Å²) >= 11 is 4.20. The minimum absolute atomic E-state index is 0.0609. The average molecular weight is 313 g/mol. The fourth-order valence-electron chi connectivity index (χ4n) is 0.825. The zero-order chi connectivity index (χ0) is 11.7. The Balaban J connectivity index is 2.87. The molecular weight excluding hydrogens is 300 g/mol. The molecule has 0 fully saturated rings. The van der Waals surface area contributed by atoms with Crippen LogP contribution in [0, 0.1) is 0 Å². The van der Waals surface area contributed by atoms with E-state index in [-0.39, 0.29) is 10.1 Å². The summed E-state index contributed by atoms with van der Waals surface area (Å²) < 4.78 is 24.7. The van der Waals surface area contributed by atoms with Crippen molar-refractivity contribution in [1.29, 1.82) is 0 Å². The van der Waals surface area contributed by atoms with Crippen LogP contribution in [-0.4, -0.2) is 18.1 Å². The smallest absolute Gasteiger partial charge is 0.244 e. The normalized spacial score (nSPS) is 12.8. The Morgan fingerprint density at radius 1 is 1.53 bits per heavy atom. The molecule has 0 aliphatic carbocycles. The van der Waals surface area contributed by atoms with Gasteiger partial charge in [-0.05, 0) is 0 Å². The second-order valence-corrected chi connectivity index (χ2v) is 8.00. The first-order valence-corrected chi connectivity index (χ1v) is 7.92. The second kappa shape index (κ2) is 4.39. The van der Waals surface area contributed by atoms with Crippen LogP contribution in [0.2, 0.25) is 0 Å². The van der Waals surface area contributed by atoms with Crippen LogP contribution in [0.1, 0.15) is 26.5 Å². The summed E-state index contributed by atoms with van der Waals surface area (Å²) in [5.41, 5.74) is 0.828. The Morgan fingerprint density at radius 3 is 2.53 bits per heavy atom. The van der Waals surface area contributed by atoms with Gasteiger partial charge in [-0.25, -0.2) is 13.4 Å². The summed E-state index contributed by atoms with van der Waals surface area (Å²) in [4.78, 5) is 4.22. The molecular formula is C8H13BrN2O2S2. The number of nitrogens with zero attached hydrogens (tertiary/aromatic N) is 1. The van der Waals surface area contributed by atoms with Crippen molar-refractivity contribution in [3.63, 3.8) is 0 Å². The topological polar surface area (TPSA) is 59.1 Å². The van der Waals surface area contributed by atoms with Crippen molar-refractivity contribution in [1.82, 2.24) is 4.98 Å². The lowest BCUT2D eigenvalue weighted by atomic mass is 9.93. The Bertz CT molecular complexity index is 434. The zero-order valence-corrected chi connectivity index (χ0v) is 12.0. The third-order valence-corrected chi connectivity index (χ3v) is 5.15. The van der Waals surface area contributed by atoms with Crippen LogP contribution in [0.25, 0.3) is 0 Å². The van der Waals surface area contributed by atoms with Gasteiger partial charge in [-0.1, -0.05) is 36.7 Å². The van der Waals surface area contributed by atoms with E-state index in [0.717, 1.165) is 5.69 Å². The highest BCUT2D eigenvalue weighted by Gasteiger charge is 2.19. The van der Waals surface area contributed by atoms with Gasteiger partial charge >= 0.3 is 0 Å². The summed E-state index contributed by atoms with van der Waals surface area (Å²) in [6.07, 6.45) is 0. The highest BCUT2D eigenvalue weighted by molar-refractivity contribution is 9.10. The maximum Gasteiger partial charge on any atom is 0.244 e. The molecule has 15 heavy (non-hydrogen) atoms. The monoisotopic (exact) mass is 312 g/mol. The Kier molecular flexibility index (Phi) is 3.78. The Labute approximate surface area is 102 Å². The van der Waals surface area contributed by atoms with E-state index < -0.39 is 10.0 Å². The fraction of sp³-hybridized carbons (Fsp3) is 0.625. The predicted octanol–water partition coefficient (Wildman–Crippen LogP) is 2.53. The average Bonchev–Trinajstić information content (AvgIpc) is 2.51. The molecule has 0 bridgehead atoms. The summed E-state index contributed by atoms with van der Waals surface area (Å²) in [5.74, 6) is 0. The standard InChI is InChI=1S/C8H13BrN2O2S2/c1-8(2,3)6-4-14-7(10-6)11-15(12,13)5-9/h4H,5H2,1-3H3,(H,10,11). The van der Waals surface area contributed by atoms with Crippen LogP contribution in [0.3, 0.4) is 0 Å². The molecule has 4 nitrogen and oxygen atoms in total. The van der Waals surface area contributed by atoms with Crippen LogP contribution in [0.15, 0.2) is 5.38 Å². The van der Waals surface area contributed by atoms with Gasteiger partial charge in [0.25, 0.3) is 0 Å². The van der Waals surface area contributed by atoms with Gasteiger partial charge in [0.1, 0.15) is 4.66 Å². The van der Waals surface area contributed by atoms with E-state index in [4.69, 9.17) is 0 Å². The van der Waals surface area contributed by atoms with Gasteiger partial charge < -0.3 is 0 Å². The lowest BCUT2D eigenvalue weighted by Crippen LogP contribution is -2.15. The molecule has 1 aromatic heterocycles. The first-order valence-electron chi connectivity index (χ1n) is 4.27. The minimum atomic E-state index is -3.29. The van der Waals surface area contributed by atoms with Crippen molar-refractivity contribution >= 4 is 42.4 Å². The lowest BCUT2D eigenvalue weighted by molar-refractivity contribution is 0.573. The van der Waals surface area contributed by atoms with Crippen molar-refractivity contribution in [3.8, 4) is 0 Å². The molecule has 1 N–H and O–H groups in total. The maximum atomic E-state index is 11.2. The van der Waals surface area contributed by atoms with Crippen LogP contribution in [-0.2, 0) is 15.4 Å². The van der Waals surface area contributed by atoms with Crippen molar-refractivity contribution < 1.29 is 8.42 Å². The molecule has 0 spiro atoms. The van der Waals surface area contributed by atoms with Crippen molar-refractivity contribution in [2.45, 2.75) is 26.2 Å². The number of halogens is 1. The number of sulfonamides is 1. The third kappa shape index (κ3) is 3.73. The molecule has 0 aromatic carbocycles. The van der Waals surface area contributed by atoms with Gasteiger partial charge in [0.15, 0.2) is 5.13 Å². The van der Waals surface area contributed by atoms with Crippen LogP contribution in [0.4, 0.5) is 5.13 Å². The third-order valence-electron chi connectivity index (χ3n) is 1.66. The van der Waals surface area contributed by atoms with Crippen LogP contribution in [0.5, 0.6) is 0 Å². The van der Waals surface area contributed by atoms with E-state index in [1.54, 1.807) is 0 Å². The summed E-state index contributed by atoms with van der Waals surface area (Å²) in [6, 6.07) is 0. The second-order valence-electron chi connectivity index (χ2n) is 4.11. The first kappa shape index (κ1) is 12.9. The highest BCUT2D eigenvalue weighted by atomic mass is 79.9. The molecule has 0 atom stereocenters. The molecule has 0 amide bonds. The van der Waals surface area contributed by atoms with Crippen molar-refractivity contribution in [2.24, 2.45) is 0 Å². The molecule has 1 aromatic rings. The SMILES string of the molecule is CC(C)(C)c1csc(NS(=O)(=O)CBr)n1. The first-order chi connectivity index (χ1) is 6.74. The number of rotatable bonds is 3. The quantitative estimate of drug-likeness (QED) is 0.872. The summed E-state index contributed by atoms with van der Waals surface area (Å²) in [5, 5.41) is 2.28. The fourth-order valence-corrected chi connectivity index (χ4v) is 2.89. The minimum Gasteiger partial charge on any atom is -0.258 e. The molecule has 0 saturated carbocycles. The van der Waals surface area contributed by atoms with E-state index in [1.807, 2.05) is 26.2 Å². The maximum absolute atomic E-state index is 11.2. The van der Waals surface area contributed by atoms with Crippen molar-refractivity contribution in [3.05, 3.63) is 11.1 Å². The van der Waals surface area contributed by atoms with Gasteiger partial charge in [-0.2, -0.15) is 0 Å². The molecule has 1 rings (SSSR count). The number of hydrogen-bond donors (Lipinski definition) is 1. The van der Waals surface area contributed by atoms with Gasteiger partial charge in [-0.3, -0.25) is 4.72 Å². The molecule has 0 aliphatic heterocycles.